The van der Waals surface area contributed by atoms with Crippen molar-refractivity contribution in [1.29, 1.82) is 0 Å². The standard InChI is InChI=1S/C13H14F3NO2/c14-13(15,16)10-4-2-9(3-5-10)8-12(11(18)19)6-1-7-17-12/h2-5,17H,1,6-8H2,(H,18,19). The number of hydrogen-bond acceptors (Lipinski definition) is 2. The van der Waals surface area contributed by atoms with Crippen LogP contribution in [0, 0.1) is 0 Å². The number of benzene rings is 1. The Hall–Kier alpha value is -1.56. The summed E-state index contributed by atoms with van der Waals surface area (Å²) in [4.78, 5) is 11.3. The maximum Gasteiger partial charge on any atom is 0.416 e. The third kappa shape index (κ3) is 2.89. The van der Waals surface area contributed by atoms with Crippen LogP contribution in [0.25, 0.3) is 0 Å². The van der Waals surface area contributed by atoms with Crippen LogP contribution in [-0.4, -0.2) is 23.2 Å². The summed E-state index contributed by atoms with van der Waals surface area (Å²) in [6, 6.07) is 4.65. The topological polar surface area (TPSA) is 49.3 Å². The molecule has 2 N–H and O–H groups in total. The van der Waals surface area contributed by atoms with Gasteiger partial charge in [-0.3, -0.25) is 4.79 Å². The molecule has 1 aromatic rings. The first kappa shape index (κ1) is 13.9. The smallest absolute Gasteiger partial charge is 0.416 e. The van der Waals surface area contributed by atoms with Gasteiger partial charge in [0.1, 0.15) is 5.54 Å². The molecule has 1 heterocycles. The quantitative estimate of drug-likeness (QED) is 0.889. The van der Waals surface area contributed by atoms with E-state index in [0.29, 0.717) is 18.5 Å². The Labute approximate surface area is 108 Å². The third-order valence-electron chi connectivity index (χ3n) is 3.44. The fraction of sp³-hybridized carbons (Fsp3) is 0.462. The third-order valence-corrected chi connectivity index (χ3v) is 3.44. The average molecular weight is 273 g/mol. The van der Waals surface area contributed by atoms with E-state index in [4.69, 9.17) is 0 Å². The normalized spacial score (nSPS) is 23.5. The van der Waals surface area contributed by atoms with Crippen molar-refractivity contribution in [2.24, 2.45) is 0 Å². The molecule has 19 heavy (non-hydrogen) atoms. The molecule has 1 fully saturated rings. The van der Waals surface area contributed by atoms with Crippen LogP contribution in [-0.2, 0) is 17.4 Å². The van der Waals surface area contributed by atoms with Crippen molar-refractivity contribution in [1.82, 2.24) is 5.32 Å². The summed E-state index contributed by atoms with van der Waals surface area (Å²) in [5.41, 5.74) is -1.18. The van der Waals surface area contributed by atoms with E-state index in [2.05, 4.69) is 5.32 Å². The van der Waals surface area contributed by atoms with Gasteiger partial charge in [0.05, 0.1) is 5.56 Å². The van der Waals surface area contributed by atoms with Crippen molar-refractivity contribution < 1.29 is 23.1 Å². The van der Waals surface area contributed by atoms with E-state index in [1.54, 1.807) is 0 Å². The first-order valence-corrected chi connectivity index (χ1v) is 5.98. The van der Waals surface area contributed by atoms with E-state index in [-0.39, 0.29) is 6.42 Å². The summed E-state index contributed by atoms with van der Waals surface area (Å²) in [5.74, 6) is -0.954. The fourth-order valence-electron chi connectivity index (χ4n) is 2.38. The van der Waals surface area contributed by atoms with Gasteiger partial charge in [0, 0.05) is 6.42 Å². The number of carboxylic acid groups (broad SMARTS) is 1. The lowest BCUT2D eigenvalue weighted by molar-refractivity contribution is -0.144. The minimum atomic E-state index is -4.37. The van der Waals surface area contributed by atoms with Crippen molar-refractivity contribution >= 4 is 5.97 Å². The van der Waals surface area contributed by atoms with E-state index in [0.717, 1.165) is 18.6 Å². The van der Waals surface area contributed by atoms with Crippen LogP contribution in [0.1, 0.15) is 24.0 Å². The van der Waals surface area contributed by atoms with Gasteiger partial charge in [0.15, 0.2) is 0 Å². The molecule has 2 rings (SSSR count). The van der Waals surface area contributed by atoms with Gasteiger partial charge in [-0.15, -0.1) is 0 Å². The second-order valence-corrected chi connectivity index (χ2v) is 4.79. The minimum Gasteiger partial charge on any atom is -0.480 e. The predicted molar refractivity (Wildman–Crippen MR) is 62.8 cm³/mol. The molecule has 1 aliphatic rings. The molecule has 0 bridgehead atoms. The Bertz CT molecular complexity index is 462. The lowest BCUT2D eigenvalue weighted by atomic mass is 9.89. The van der Waals surface area contributed by atoms with E-state index < -0.39 is 23.2 Å². The lowest BCUT2D eigenvalue weighted by Gasteiger charge is -2.24. The zero-order valence-electron chi connectivity index (χ0n) is 10.1. The maximum atomic E-state index is 12.4. The number of carboxylic acids is 1. The maximum absolute atomic E-state index is 12.4. The van der Waals surface area contributed by atoms with Gasteiger partial charge >= 0.3 is 12.1 Å². The molecule has 0 spiro atoms. The molecule has 1 atom stereocenters. The molecule has 104 valence electrons. The van der Waals surface area contributed by atoms with E-state index in [1.807, 2.05) is 0 Å². The first-order valence-electron chi connectivity index (χ1n) is 5.98. The molecule has 0 amide bonds. The molecule has 1 unspecified atom stereocenters. The van der Waals surface area contributed by atoms with Crippen molar-refractivity contribution in [2.45, 2.75) is 31.0 Å². The van der Waals surface area contributed by atoms with Crippen LogP contribution in [0.5, 0.6) is 0 Å². The Balaban J connectivity index is 2.17. The summed E-state index contributed by atoms with van der Waals surface area (Å²) >= 11 is 0. The molecule has 3 nitrogen and oxygen atoms in total. The predicted octanol–water partition coefficient (Wildman–Crippen LogP) is 2.45. The van der Waals surface area contributed by atoms with E-state index >= 15 is 0 Å². The second-order valence-electron chi connectivity index (χ2n) is 4.79. The van der Waals surface area contributed by atoms with Crippen LogP contribution < -0.4 is 5.32 Å². The van der Waals surface area contributed by atoms with Gasteiger partial charge in [-0.25, -0.2) is 0 Å². The molecule has 0 aliphatic carbocycles. The zero-order valence-corrected chi connectivity index (χ0v) is 10.1. The lowest BCUT2D eigenvalue weighted by Crippen LogP contribution is -2.49. The highest BCUT2D eigenvalue weighted by Gasteiger charge is 2.41. The molecule has 1 aliphatic heterocycles. The minimum absolute atomic E-state index is 0.195. The van der Waals surface area contributed by atoms with Gasteiger partial charge in [-0.05, 0) is 37.1 Å². The largest absolute Gasteiger partial charge is 0.480 e. The monoisotopic (exact) mass is 273 g/mol. The van der Waals surface area contributed by atoms with Crippen molar-refractivity contribution in [3.8, 4) is 0 Å². The van der Waals surface area contributed by atoms with Gasteiger partial charge in [0.2, 0.25) is 0 Å². The second kappa shape index (κ2) is 4.85. The molecular formula is C13H14F3NO2. The van der Waals surface area contributed by atoms with Gasteiger partial charge < -0.3 is 10.4 Å². The Morgan fingerprint density at radius 1 is 1.32 bits per heavy atom. The molecule has 0 radical (unpaired) electrons. The fourth-order valence-corrected chi connectivity index (χ4v) is 2.38. The number of rotatable bonds is 3. The van der Waals surface area contributed by atoms with E-state index in [9.17, 15) is 23.1 Å². The summed E-state index contributed by atoms with van der Waals surface area (Å²) in [6.45, 7) is 0.618. The van der Waals surface area contributed by atoms with Crippen LogP contribution in [0.4, 0.5) is 13.2 Å². The van der Waals surface area contributed by atoms with Crippen molar-refractivity contribution in [2.75, 3.05) is 6.54 Å². The summed E-state index contributed by atoms with van der Waals surface area (Å²) in [5, 5.41) is 12.2. The molecule has 1 aromatic carbocycles. The molecule has 1 saturated heterocycles. The number of carbonyl (C=O) groups is 1. The number of hydrogen-bond donors (Lipinski definition) is 2. The Morgan fingerprint density at radius 2 is 1.95 bits per heavy atom. The molecular weight excluding hydrogens is 259 g/mol. The molecule has 0 aromatic heterocycles. The SMILES string of the molecule is O=C(O)C1(Cc2ccc(C(F)(F)F)cc2)CCCN1. The molecule has 0 saturated carbocycles. The summed E-state index contributed by atoms with van der Waals surface area (Å²) < 4.78 is 37.3. The van der Waals surface area contributed by atoms with Gasteiger partial charge in [-0.2, -0.15) is 13.2 Å². The van der Waals surface area contributed by atoms with Crippen LogP contribution >= 0.6 is 0 Å². The Kier molecular flexibility index (Phi) is 3.54. The van der Waals surface area contributed by atoms with Gasteiger partial charge in [0.25, 0.3) is 0 Å². The first-order chi connectivity index (χ1) is 8.83. The number of halogens is 3. The summed E-state index contributed by atoms with van der Waals surface area (Å²) in [7, 11) is 0. The number of aliphatic carboxylic acids is 1. The van der Waals surface area contributed by atoms with Gasteiger partial charge in [-0.1, -0.05) is 12.1 Å². The molecule has 6 heteroatoms. The highest BCUT2D eigenvalue weighted by molar-refractivity contribution is 5.79. The van der Waals surface area contributed by atoms with E-state index in [1.165, 1.54) is 12.1 Å². The van der Waals surface area contributed by atoms with Crippen molar-refractivity contribution in [3.05, 3.63) is 35.4 Å². The Morgan fingerprint density at radius 3 is 2.37 bits per heavy atom. The highest BCUT2D eigenvalue weighted by Crippen LogP contribution is 2.30. The van der Waals surface area contributed by atoms with Crippen LogP contribution in [0.15, 0.2) is 24.3 Å². The van der Waals surface area contributed by atoms with Crippen LogP contribution in [0.2, 0.25) is 0 Å². The van der Waals surface area contributed by atoms with Crippen molar-refractivity contribution in [3.63, 3.8) is 0 Å². The number of nitrogens with one attached hydrogen (secondary N) is 1. The summed E-state index contributed by atoms with van der Waals surface area (Å²) in [6.07, 6.45) is -2.93. The highest BCUT2D eigenvalue weighted by atomic mass is 19.4. The average Bonchev–Trinajstić information content (AvgIpc) is 2.78. The zero-order chi connectivity index (χ0) is 14.1. The number of alkyl halides is 3. The van der Waals surface area contributed by atoms with Crippen LogP contribution in [0.3, 0.4) is 0 Å².